The smallest absolute Gasteiger partial charge is 0.335 e. The lowest BCUT2D eigenvalue weighted by Crippen LogP contribution is -2.15. The molecular formula is C17H24O3S. The van der Waals surface area contributed by atoms with Crippen LogP contribution in [0.4, 0.5) is 0 Å². The molecule has 1 fully saturated rings. The van der Waals surface area contributed by atoms with Crippen LogP contribution in [0.1, 0.15) is 49.4 Å². The Hall–Kier alpha value is -1.16. The summed E-state index contributed by atoms with van der Waals surface area (Å²) in [6, 6.07) is 6.60. The SMILES string of the molecule is CC1CCCC(SCCCOc2ccc(C(=O)O)cc2)C1. The first kappa shape index (κ1) is 16.2. The summed E-state index contributed by atoms with van der Waals surface area (Å²) in [6.45, 7) is 3.05. The highest BCUT2D eigenvalue weighted by atomic mass is 32.2. The lowest BCUT2D eigenvalue weighted by Gasteiger charge is -2.26. The van der Waals surface area contributed by atoms with Gasteiger partial charge in [-0.15, -0.1) is 0 Å². The first-order chi connectivity index (χ1) is 10.1. The third kappa shape index (κ3) is 5.62. The average molecular weight is 308 g/mol. The summed E-state index contributed by atoms with van der Waals surface area (Å²) in [5.74, 6) is 1.88. The van der Waals surface area contributed by atoms with Crippen LogP contribution in [0.3, 0.4) is 0 Å². The van der Waals surface area contributed by atoms with Crippen molar-refractivity contribution >= 4 is 17.7 Å². The maximum absolute atomic E-state index is 10.7. The minimum absolute atomic E-state index is 0.296. The number of carbonyl (C=O) groups is 1. The van der Waals surface area contributed by atoms with Gasteiger partial charge in [-0.05, 0) is 55.2 Å². The van der Waals surface area contributed by atoms with Crippen molar-refractivity contribution in [1.29, 1.82) is 0 Å². The van der Waals surface area contributed by atoms with E-state index < -0.39 is 5.97 Å². The van der Waals surface area contributed by atoms with E-state index >= 15 is 0 Å². The highest BCUT2D eigenvalue weighted by Gasteiger charge is 2.18. The summed E-state index contributed by atoms with van der Waals surface area (Å²) in [4.78, 5) is 10.7. The van der Waals surface area contributed by atoms with E-state index in [1.165, 1.54) is 25.7 Å². The molecule has 2 rings (SSSR count). The molecule has 0 bridgehead atoms. The molecule has 0 aliphatic heterocycles. The number of thioether (sulfide) groups is 1. The molecular weight excluding hydrogens is 284 g/mol. The van der Waals surface area contributed by atoms with Crippen LogP contribution in [-0.2, 0) is 0 Å². The van der Waals surface area contributed by atoms with Crippen molar-refractivity contribution < 1.29 is 14.6 Å². The summed E-state index contributed by atoms with van der Waals surface area (Å²) < 4.78 is 5.64. The second kappa shape index (κ2) is 8.32. The fourth-order valence-electron chi connectivity index (χ4n) is 2.72. The summed E-state index contributed by atoms with van der Waals surface area (Å²) in [5, 5.41) is 9.66. The topological polar surface area (TPSA) is 46.5 Å². The maximum Gasteiger partial charge on any atom is 0.335 e. The van der Waals surface area contributed by atoms with E-state index in [9.17, 15) is 4.79 Å². The predicted octanol–water partition coefficient (Wildman–Crippen LogP) is 4.47. The van der Waals surface area contributed by atoms with Gasteiger partial charge in [0.2, 0.25) is 0 Å². The quantitative estimate of drug-likeness (QED) is 0.755. The van der Waals surface area contributed by atoms with Crippen LogP contribution in [0.25, 0.3) is 0 Å². The van der Waals surface area contributed by atoms with E-state index in [1.807, 2.05) is 0 Å². The third-order valence-corrected chi connectivity index (χ3v) is 5.32. The molecule has 0 radical (unpaired) electrons. The number of rotatable bonds is 7. The summed E-state index contributed by atoms with van der Waals surface area (Å²) in [5.41, 5.74) is 0.296. The minimum Gasteiger partial charge on any atom is -0.494 e. The lowest BCUT2D eigenvalue weighted by atomic mass is 9.91. The van der Waals surface area contributed by atoms with Gasteiger partial charge >= 0.3 is 5.97 Å². The van der Waals surface area contributed by atoms with Crippen molar-refractivity contribution in [2.75, 3.05) is 12.4 Å². The highest BCUT2D eigenvalue weighted by Crippen LogP contribution is 2.32. The first-order valence-electron chi connectivity index (χ1n) is 7.73. The van der Waals surface area contributed by atoms with E-state index in [0.29, 0.717) is 12.2 Å². The van der Waals surface area contributed by atoms with Crippen molar-refractivity contribution in [3.8, 4) is 5.75 Å². The molecule has 1 aliphatic carbocycles. The number of benzene rings is 1. The van der Waals surface area contributed by atoms with E-state index in [4.69, 9.17) is 9.84 Å². The van der Waals surface area contributed by atoms with Gasteiger partial charge in [0.05, 0.1) is 12.2 Å². The van der Waals surface area contributed by atoms with Gasteiger partial charge in [-0.1, -0.05) is 19.8 Å². The van der Waals surface area contributed by atoms with Gasteiger partial charge in [-0.25, -0.2) is 4.79 Å². The number of carboxylic acids is 1. The molecule has 21 heavy (non-hydrogen) atoms. The second-order valence-electron chi connectivity index (χ2n) is 5.80. The third-order valence-electron chi connectivity index (χ3n) is 3.90. The number of ether oxygens (including phenoxy) is 1. The average Bonchev–Trinajstić information content (AvgIpc) is 2.47. The number of hydrogen-bond acceptors (Lipinski definition) is 3. The van der Waals surface area contributed by atoms with Crippen molar-refractivity contribution in [3.63, 3.8) is 0 Å². The van der Waals surface area contributed by atoms with Crippen molar-refractivity contribution in [2.45, 2.75) is 44.3 Å². The fourth-order valence-corrected chi connectivity index (χ4v) is 4.14. The Balaban J connectivity index is 1.60. The van der Waals surface area contributed by atoms with Gasteiger partial charge in [-0.2, -0.15) is 11.8 Å². The summed E-state index contributed by atoms with van der Waals surface area (Å²) in [6.07, 6.45) is 6.54. The summed E-state index contributed by atoms with van der Waals surface area (Å²) >= 11 is 2.08. The van der Waals surface area contributed by atoms with Gasteiger partial charge in [0, 0.05) is 5.25 Å². The van der Waals surface area contributed by atoms with Crippen LogP contribution in [-0.4, -0.2) is 28.7 Å². The molecule has 4 heteroatoms. The molecule has 2 atom stereocenters. The van der Waals surface area contributed by atoms with Crippen molar-refractivity contribution in [1.82, 2.24) is 0 Å². The molecule has 0 aromatic heterocycles. The Kier molecular flexibility index (Phi) is 6.43. The minimum atomic E-state index is -0.903. The van der Waals surface area contributed by atoms with Crippen LogP contribution >= 0.6 is 11.8 Å². The van der Waals surface area contributed by atoms with E-state index in [0.717, 1.165) is 29.1 Å². The zero-order valence-electron chi connectivity index (χ0n) is 12.6. The van der Waals surface area contributed by atoms with Crippen LogP contribution < -0.4 is 4.74 Å². The Morgan fingerprint density at radius 2 is 2.10 bits per heavy atom. The van der Waals surface area contributed by atoms with Gasteiger partial charge in [-0.3, -0.25) is 0 Å². The van der Waals surface area contributed by atoms with Crippen molar-refractivity contribution in [2.24, 2.45) is 5.92 Å². The largest absolute Gasteiger partial charge is 0.494 e. The molecule has 0 spiro atoms. The Labute approximate surface area is 131 Å². The molecule has 1 aromatic carbocycles. The molecule has 3 nitrogen and oxygen atoms in total. The maximum atomic E-state index is 10.7. The Morgan fingerprint density at radius 1 is 1.33 bits per heavy atom. The van der Waals surface area contributed by atoms with Gasteiger partial charge in [0.1, 0.15) is 5.75 Å². The molecule has 2 unspecified atom stereocenters. The molecule has 0 saturated heterocycles. The van der Waals surface area contributed by atoms with Crippen LogP contribution in [0.15, 0.2) is 24.3 Å². The number of hydrogen-bond donors (Lipinski definition) is 1. The molecule has 1 N–H and O–H groups in total. The van der Waals surface area contributed by atoms with Gasteiger partial charge < -0.3 is 9.84 Å². The molecule has 1 saturated carbocycles. The van der Waals surface area contributed by atoms with Gasteiger partial charge in [0.25, 0.3) is 0 Å². The van der Waals surface area contributed by atoms with Crippen LogP contribution in [0, 0.1) is 5.92 Å². The Morgan fingerprint density at radius 3 is 2.76 bits per heavy atom. The monoisotopic (exact) mass is 308 g/mol. The zero-order chi connectivity index (χ0) is 15.1. The number of carboxylic acid groups (broad SMARTS) is 1. The molecule has 1 aliphatic rings. The molecule has 1 aromatic rings. The molecule has 0 amide bonds. The Bertz CT molecular complexity index is 444. The number of aromatic carboxylic acids is 1. The van der Waals surface area contributed by atoms with Crippen molar-refractivity contribution in [3.05, 3.63) is 29.8 Å². The molecule has 0 heterocycles. The highest BCUT2D eigenvalue weighted by molar-refractivity contribution is 7.99. The van der Waals surface area contributed by atoms with E-state index in [1.54, 1.807) is 24.3 Å². The van der Waals surface area contributed by atoms with E-state index in [-0.39, 0.29) is 0 Å². The van der Waals surface area contributed by atoms with Gasteiger partial charge in [0.15, 0.2) is 0 Å². The lowest BCUT2D eigenvalue weighted by molar-refractivity contribution is 0.0697. The van der Waals surface area contributed by atoms with Crippen LogP contribution in [0.5, 0.6) is 5.75 Å². The second-order valence-corrected chi connectivity index (χ2v) is 7.20. The predicted molar refractivity (Wildman–Crippen MR) is 87.4 cm³/mol. The summed E-state index contributed by atoms with van der Waals surface area (Å²) in [7, 11) is 0. The normalized spacial score (nSPS) is 22.0. The first-order valence-corrected chi connectivity index (χ1v) is 8.78. The standard InChI is InChI=1S/C17H24O3S/c1-13-4-2-5-16(12-13)21-11-3-10-20-15-8-6-14(7-9-15)17(18)19/h6-9,13,16H,2-5,10-12H2,1H3,(H,18,19). The fraction of sp³-hybridized carbons (Fsp3) is 0.588. The van der Waals surface area contributed by atoms with E-state index in [2.05, 4.69) is 18.7 Å². The van der Waals surface area contributed by atoms with Crippen LogP contribution in [0.2, 0.25) is 0 Å². The molecule has 116 valence electrons. The zero-order valence-corrected chi connectivity index (χ0v) is 13.4.